The highest BCUT2D eigenvalue weighted by molar-refractivity contribution is 7.12. The van der Waals surface area contributed by atoms with Crippen LogP contribution in [0.4, 0.5) is 0 Å². The summed E-state index contributed by atoms with van der Waals surface area (Å²) in [5.74, 6) is 0.862. The first kappa shape index (κ1) is 13.1. The summed E-state index contributed by atoms with van der Waals surface area (Å²) in [6.45, 7) is 7.81. The van der Waals surface area contributed by atoms with Gasteiger partial charge in [0, 0.05) is 15.8 Å². The van der Waals surface area contributed by atoms with E-state index in [1.807, 2.05) is 11.3 Å². The molecule has 2 rings (SSSR count). The van der Waals surface area contributed by atoms with Crippen molar-refractivity contribution in [1.82, 2.24) is 5.32 Å². The average molecular weight is 251 g/mol. The summed E-state index contributed by atoms with van der Waals surface area (Å²) in [6.07, 6.45) is 7.12. The topological polar surface area (TPSA) is 12.0 Å². The Balaban J connectivity index is 2.18. The molecule has 0 saturated heterocycles. The lowest BCUT2D eigenvalue weighted by molar-refractivity contribution is 0.277. The van der Waals surface area contributed by atoms with Gasteiger partial charge in [-0.3, -0.25) is 0 Å². The SMILES string of the molecule is CCNC(c1sc(C)cc1C)C1CCCCC1. The van der Waals surface area contributed by atoms with Crippen LogP contribution in [-0.4, -0.2) is 6.54 Å². The fourth-order valence-electron chi connectivity index (χ4n) is 3.13. The van der Waals surface area contributed by atoms with Crippen molar-refractivity contribution < 1.29 is 0 Å². The van der Waals surface area contributed by atoms with E-state index < -0.39 is 0 Å². The number of thiophene rings is 1. The molecule has 0 aliphatic heterocycles. The van der Waals surface area contributed by atoms with Gasteiger partial charge < -0.3 is 5.32 Å². The number of rotatable bonds is 4. The van der Waals surface area contributed by atoms with Gasteiger partial charge in [0.2, 0.25) is 0 Å². The van der Waals surface area contributed by atoms with Crippen molar-refractivity contribution in [2.75, 3.05) is 6.54 Å². The van der Waals surface area contributed by atoms with Crippen molar-refractivity contribution in [3.8, 4) is 0 Å². The van der Waals surface area contributed by atoms with E-state index in [2.05, 4.69) is 32.2 Å². The second kappa shape index (κ2) is 6.01. The predicted octanol–water partition coefficient (Wildman–Crippen LogP) is 4.60. The van der Waals surface area contributed by atoms with E-state index in [-0.39, 0.29) is 0 Å². The molecule has 1 aliphatic rings. The van der Waals surface area contributed by atoms with Gasteiger partial charge in [0.25, 0.3) is 0 Å². The van der Waals surface area contributed by atoms with Crippen LogP contribution in [-0.2, 0) is 0 Å². The fraction of sp³-hybridized carbons (Fsp3) is 0.733. The van der Waals surface area contributed by atoms with E-state index in [9.17, 15) is 0 Å². The van der Waals surface area contributed by atoms with E-state index in [0.717, 1.165) is 12.5 Å². The minimum Gasteiger partial charge on any atom is -0.309 e. The highest BCUT2D eigenvalue weighted by Gasteiger charge is 2.26. The summed E-state index contributed by atoms with van der Waals surface area (Å²) in [7, 11) is 0. The van der Waals surface area contributed by atoms with Crippen LogP contribution < -0.4 is 5.32 Å². The van der Waals surface area contributed by atoms with E-state index in [4.69, 9.17) is 0 Å². The molecule has 1 nitrogen and oxygen atoms in total. The number of hydrogen-bond acceptors (Lipinski definition) is 2. The van der Waals surface area contributed by atoms with Crippen molar-refractivity contribution in [2.45, 2.75) is 58.9 Å². The van der Waals surface area contributed by atoms with E-state index in [1.54, 1.807) is 4.88 Å². The lowest BCUT2D eigenvalue weighted by Crippen LogP contribution is -2.29. The van der Waals surface area contributed by atoms with Gasteiger partial charge >= 0.3 is 0 Å². The molecule has 1 atom stereocenters. The lowest BCUT2D eigenvalue weighted by Gasteiger charge is -2.30. The van der Waals surface area contributed by atoms with Gasteiger partial charge in [-0.05, 0) is 50.8 Å². The average Bonchev–Trinajstić information content (AvgIpc) is 2.66. The Bertz CT molecular complexity index is 350. The maximum atomic E-state index is 3.73. The van der Waals surface area contributed by atoms with Gasteiger partial charge in [-0.25, -0.2) is 0 Å². The molecule has 96 valence electrons. The fourth-order valence-corrected chi connectivity index (χ4v) is 4.33. The van der Waals surface area contributed by atoms with E-state index in [0.29, 0.717) is 6.04 Å². The Labute approximate surface area is 110 Å². The summed E-state index contributed by atoms with van der Waals surface area (Å²) in [4.78, 5) is 3.05. The molecule has 1 heterocycles. The molecule has 1 aromatic heterocycles. The molecule has 2 heteroatoms. The lowest BCUT2D eigenvalue weighted by atomic mass is 9.82. The third-order valence-electron chi connectivity index (χ3n) is 3.91. The number of aryl methyl sites for hydroxylation is 2. The Kier molecular flexibility index (Phi) is 4.63. The standard InChI is InChI=1S/C15H25NS/c1-4-16-14(13-8-6-5-7-9-13)15-11(2)10-12(3)17-15/h10,13-14,16H,4-9H2,1-3H3. The number of hydrogen-bond donors (Lipinski definition) is 1. The van der Waals surface area contributed by atoms with Gasteiger partial charge in [-0.15, -0.1) is 11.3 Å². The van der Waals surface area contributed by atoms with Crippen LogP contribution in [0.1, 0.15) is 60.4 Å². The smallest absolute Gasteiger partial charge is 0.0446 e. The first-order chi connectivity index (χ1) is 8.22. The highest BCUT2D eigenvalue weighted by Crippen LogP contribution is 2.38. The molecular formula is C15H25NS. The normalized spacial score (nSPS) is 19.5. The van der Waals surface area contributed by atoms with Crippen molar-refractivity contribution in [3.63, 3.8) is 0 Å². The van der Waals surface area contributed by atoms with Crippen LogP contribution in [0.15, 0.2) is 6.07 Å². The van der Waals surface area contributed by atoms with Gasteiger partial charge in [-0.1, -0.05) is 26.2 Å². The van der Waals surface area contributed by atoms with Crippen molar-refractivity contribution >= 4 is 11.3 Å². The molecule has 1 aliphatic carbocycles. The first-order valence-corrected chi connectivity index (χ1v) is 7.84. The summed E-state index contributed by atoms with van der Waals surface area (Å²) < 4.78 is 0. The Morgan fingerprint density at radius 1 is 1.29 bits per heavy atom. The van der Waals surface area contributed by atoms with Crippen LogP contribution in [0.25, 0.3) is 0 Å². The second-order valence-corrected chi connectivity index (χ2v) is 6.63. The Hall–Kier alpha value is -0.340. The summed E-state index contributed by atoms with van der Waals surface area (Å²) in [6, 6.07) is 2.95. The number of nitrogens with one attached hydrogen (secondary N) is 1. The van der Waals surface area contributed by atoms with Gasteiger partial charge in [0.1, 0.15) is 0 Å². The zero-order valence-electron chi connectivity index (χ0n) is 11.4. The molecule has 1 N–H and O–H groups in total. The van der Waals surface area contributed by atoms with Crippen LogP contribution in [0.3, 0.4) is 0 Å². The molecule has 0 radical (unpaired) electrons. The van der Waals surface area contributed by atoms with Crippen molar-refractivity contribution in [1.29, 1.82) is 0 Å². The van der Waals surface area contributed by atoms with Gasteiger partial charge in [-0.2, -0.15) is 0 Å². The highest BCUT2D eigenvalue weighted by atomic mass is 32.1. The van der Waals surface area contributed by atoms with E-state index >= 15 is 0 Å². The van der Waals surface area contributed by atoms with Crippen molar-refractivity contribution in [2.24, 2.45) is 5.92 Å². The third kappa shape index (κ3) is 3.11. The predicted molar refractivity (Wildman–Crippen MR) is 76.8 cm³/mol. The molecule has 1 saturated carbocycles. The zero-order chi connectivity index (χ0) is 12.3. The van der Waals surface area contributed by atoms with Gasteiger partial charge in [0.05, 0.1) is 0 Å². The molecule has 0 amide bonds. The molecule has 1 unspecified atom stereocenters. The molecule has 17 heavy (non-hydrogen) atoms. The minimum atomic E-state index is 0.610. The van der Waals surface area contributed by atoms with Crippen LogP contribution >= 0.6 is 11.3 Å². The third-order valence-corrected chi connectivity index (χ3v) is 5.14. The summed E-state index contributed by atoms with van der Waals surface area (Å²) in [5, 5.41) is 3.73. The molecule has 1 aromatic rings. The maximum absolute atomic E-state index is 3.73. The second-order valence-electron chi connectivity index (χ2n) is 5.34. The monoisotopic (exact) mass is 251 g/mol. The minimum absolute atomic E-state index is 0.610. The summed E-state index contributed by atoms with van der Waals surface area (Å²) >= 11 is 1.99. The Morgan fingerprint density at radius 2 is 2.00 bits per heavy atom. The van der Waals surface area contributed by atoms with Crippen LogP contribution in [0, 0.1) is 19.8 Å². The van der Waals surface area contributed by atoms with Crippen molar-refractivity contribution in [3.05, 3.63) is 21.4 Å². The molecule has 1 fully saturated rings. The zero-order valence-corrected chi connectivity index (χ0v) is 12.2. The van der Waals surface area contributed by atoms with E-state index in [1.165, 1.54) is 42.5 Å². The van der Waals surface area contributed by atoms with Gasteiger partial charge in [0.15, 0.2) is 0 Å². The summed E-state index contributed by atoms with van der Waals surface area (Å²) in [5.41, 5.74) is 1.49. The molecule has 0 bridgehead atoms. The maximum Gasteiger partial charge on any atom is 0.0446 e. The largest absolute Gasteiger partial charge is 0.309 e. The quantitative estimate of drug-likeness (QED) is 0.825. The Morgan fingerprint density at radius 3 is 2.53 bits per heavy atom. The molecule has 0 aromatic carbocycles. The molecule has 0 spiro atoms. The molecular weight excluding hydrogens is 226 g/mol. The van der Waals surface area contributed by atoms with Crippen LogP contribution in [0.2, 0.25) is 0 Å². The first-order valence-electron chi connectivity index (χ1n) is 7.02. The van der Waals surface area contributed by atoms with Crippen LogP contribution in [0.5, 0.6) is 0 Å².